The Balaban J connectivity index is 1.53. The number of carbonyl (C=O) groups excluding carboxylic acids is 3. The van der Waals surface area contributed by atoms with E-state index >= 15 is 0 Å². The minimum Gasteiger partial charge on any atom is -0.486 e. The van der Waals surface area contributed by atoms with E-state index in [1.165, 1.54) is 6.92 Å². The maximum absolute atomic E-state index is 13.7. The largest absolute Gasteiger partial charge is 0.486 e. The number of fused-ring (bicyclic) bond motifs is 1. The van der Waals surface area contributed by atoms with E-state index in [2.05, 4.69) is 10.6 Å². The Morgan fingerprint density at radius 3 is 2.50 bits per heavy atom. The van der Waals surface area contributed by atoms with Crippen molar-refractivity contribution in [1.82, 2.24) is 10.2 Å². The third-order valence-corrected chi connectivity index (χ3v) is 4.92. The van der Waals surface area contributed by atoms with Crippen LogP contribution in [0.5, 0.6) is 11.5 Å². The zero-order valence-electron chi connectivity index (χ0n) is 15.8. The monoisotopic (exact) mass is 417 g/mol. The summed E-state index contributed by atoms with van der Waals surface area (Å²) in [6.07, 6.45) is 0. The molecule has 8 nitrogen and oxygen atoms in total. The Hall–Kier alpha value is -3.69. The molecule has 156 valence electrons. The number of urea groups is 1. The first-order valence-electron chi connectivity index (χ1n) is 9.07. The third kappa shape index (κ3) is 3.30. The van der Waals surface area contributed by atoms with Crippen molar-refractivity contribution in [3.05, 3.63) is 53.6 Å². The number of rotatable bonds is 4. The van der Waals surface area contributed by atoms with Gasteiger partial charge in [-0.1, -0.05) is 12.1 Å². The second-order valence-corrected chi connectivity index (χ2v) is 6.95. The highest BCUT2D eigenvalue weighted by Gasteiger charge is 2.49. The molecule has 1 fully saturated rings. The van der Waals surface area contributed by atoms with Crippen LogP contribution in [0.4, 0.5) is 19.3 Å². The fourth-order valence-corrected chi connectivity index (χ4v) is 3.33. The zero-order valence-corrected chi connectivity index (χ0v) is 15.8. The summed E-state index contributed by atoms with van der Waals surface area (Å²) < 4.78 is 38.4. The highest BCUT2D eigenvalue weighted by Crippen LogP contribution is 2.36. The van der Waals surface area contributed by atoms with Crippen LogP contribution in [0.2, 0.25) is 0 Å². The average molecular weight is 417 g/mol. The first-order chi connectivity index (χ1) is 14.3. The van der Waals surface area contributed by atoms with Gasteiger partial charge in [0.15, 0.2) is 11.5 Å². The molecule has 30 heavy (non-hydrogen) atoms. The number of nitrogens with one attached hydrogen (secondary N) is 2. The van der Waals surface area contributed by atoms with Crippen LogP contribution >= 0.6 is 0 Å². The van der Waals surface area contributed by atoms with Crippen LogP contribution in [0.15, 0.2) is 36.4 Å². The highest BCUT2D eigenvalue weighted by atomic mass is 19.1. The van der Waals surface area contributed by atoms with E-state index in [1.54, 1.807) is 18.2 Å². The predicted molar refractivity (Wildman–Crippen MR) is 100 cm³/mol. The van der Waals surface area contributed by atoms with Crippen molar-refractivity contribution in [2.75, 3.05) is 25.1 Å². The van der Waals surface area contributed by atoms with Crippen molar-refractivity contribution in [2.45, 2.75) is 12.5 Å². The molecule has 0 saturated carbocycles. The Morgan fingerprint density at radius 1 is 1.13 bits per heavy atom. The molecule has 0 bridgehead atoms. The molecule has 2 aromatic carbocycles. The van der Waals surface area contributed by atoms with E-state index in [4.69, 9.17) is 9.47 Å². The smallest absolute Gasteiger partial charge is 0.325 e. The van der Waals surface area contributed by atoms with Crippen LogP contribution in [0.25, 0.3) is 0 Å². The van der Waals surface area contributed by atoms with Gasteiger partial charge in [-0.3, -0.25) is 14.5 Å². The fourth-order valence-electron chi connectivity index (χ4n) is 3.33. The molecule has 2 heterocycles. The van der Waals surface area contributed by atoms with Crippen LogP contribution in [-0.4, -0.2) is 42.5 Å². The number of imide groups is 1. The topological polar surface area (TPSA) is 97.0 Å². The Bertz CT molecular complexity index is 1040. The number of anilines is 1. The lowest BCUT2D eigenvalue weighted by atomic mass is 9.91. The number of nitrogens with zero attached hydrogens (tertiary/aromatic N) is 1. The minimum absolute atomic E-state index is 0.354. The van der Waals surface area contributed by atoms with Gasteiger partial charge in [-0.05, 0) is 36.8 Å². The lowest BCUT2D eigenvalue weighted by Gasteiger charge is -2.25. The normalized spacial score (nSPS) is 20.2. The lowest BCUT2D eigenvalue weighted by Crippen LogP contribution is -2.42. The number of hydrogen-bond donors (Lipinski definition) is 2. The van der Waals surface area contributed by atoms with Gasteiger partial charge in [0.25, 0.3) is 5.91 Å². The summed E-state index contributed by atoms with van der Waals surface area (Å²) in [4.78, 5) is 38.3. The van der Waals surface area contributed by atoms with E-state index in [1.807, 2.05) is 0 Å². The van der Waals surface area contributed by atoms with Crippen LogP contribution in [0, 0.1) is 11.6 Å². The molecule has 1 atom stereocenters. The number of para-hydroxylation sites is 1. The average Bonchev–Trinajstić information content (AvgIpc) is 2.94. The van der Waals surface area contributed by atoms with Gasteiger partial charge >= 0.3 is 6.03 Å². The van der Waals surface area contributed by atoms with Crippen molar-refractivity contribution in [3.63, 3.8) is 0 Å². The molecule has 0 spiro atoms. The van der Waals surface area contributed by atoms with Crippen molar-refractivity contribution in [3.8, 4) is 11.5 Å². The molecule has 2 aliphatic heterocycles. The van der Waals surface area contributed by atoms with E-state index in [0.29, 0.717) is 35.2 Å². The minimum atomic E-state index is -1.45. The zero-order chi connectivity index (χ0) is 21.5. The number of ether oxygens (including phenoxy) is 2. The number of halogens is 2. The SMILES string of the molecule is C[C@@]1(c2ccc3c(c2)OCCO3)NC(=O)N(CC(=O)Nc2c(F)cccc2F)C1=O. The Kier molecular flexibility index (Phi) is 4.76. The van der Waals surface area contributed by atoms with E-state index < -0.39 is 47.3 Å². The van der Waals surface area contributed by atoms with Gasteiger partial charge < -0.3 is 20.1 Å². The molecule has 0 unspecified atom stereocenters. The lowest BCUT2D eigenvalue weighted by molar-refractivity contribution is -0.133. The molecule has 2 N–H and O–H groups in total. The van der Waals surface area contributed by atoms with E-state index in [9.17, 15) is 23.2 Å². The van der Waals surface area contributed by atoms with Crippen LogP contribution < -0.4 is 20.1 Å². The van der Waals surface area contributed by atoms with Gasteiger partial charge in [0.2, 0.25) is 5.91 Å². The van der Waals surface area contributed by atoms with Gasteiger partial charge in [0, 0.05) is 0 Å². The molecule has 4 amide bonds. The summed E-state index contributed by atoms with van der Waals surface area (Å²) in [5.41, 5.74) is -1.66. The predicted octanol–water partition coefficient (Wildman–Crippen LogP) is 2.14. The van der Waals surface area contributed by atoms with E-state index in [-0.39, 0.29) is 0 Å². The molecule has 4 rings (SSSR count). The van der Waals surface area contributed by atoms with Crippen LogP contribution in [0.3, 0.4) is 0 Å². The standard InChI is InChI=1S/C20H17F2N3O5/c1-20(11-5-6-14-15(9-11)30-8-7-29-14)18(27)25(19(28)24-20)10-16(26)23-17-12(21)3-2-4-13(17)22/h2-6,9H,7-8,10H2,1H3,(H,23,26)(H,24,28)/t20-/m0/s1. The molecular weight excluding hydrogens is 400 g/mol. The van der Waals surface area contributed by atoms with Gasteiger partial charge in [0.05, 0.1) is 0 Å². The summed E-state index contributed by atoms with van der Waals surface area (Å²) >= 11 is 0. The molecule has 0 aromatic heterocycles. The van der Waals surface area contributed by atoms with Crippen molar-refractivity contribution in [2.24, 2.45) is 0 Å². The molecule has 2 aliphatic rings. The highest BCUT2D eigenvalue weighted by molar-refractivity contribution is 6.10. The van der Waals surface area contributed by atoms with Crippen molar-refractivity contribution < 1.29 is 32.6 Å². The first kappa shape index (κ1) is 19.6. The molecular formula is C20H17F2N3O5. The Labute approximate surface area is 169 Å². The van der Waals surface area contributed by atoms with Crippen LogP contribution in [-0.2, 0) is 15.1 Å². The maximum atomic E-state index is 13.7. The maximum Gasteiger partial charge on any atom is 0.325 e. The van der Waals surface area contributed by atoms with Gasteiger partial charge in [-0.15, -0.1) is 0 Å². The number of benzene rings is 2. The molecule has 10 heteroatoms. The molecule has 0 radical (unpaired) electrons. The second kappa shape index (κ2) is 7.29. The molecule has 0 aliphatic carbocycles. The number of amides is 4. The fraction of sp³-hybridized carbons (Fsp3) is 0.250. The summed E-state index contributed by atoms with van der Waals surface area (Å²) in [5, 5.41) is 4.61. The summed E-state index contributed by atoms with van der Waals surface area (Å²) in [5.74, 6) is -2.59. The summed E-state index contributed by atoms with van der Waals surface area (Å²) in [6.45, 7) is 1.54. The second-order valence-electron chi connectivity index (χ2n) is 6.95. The van der Waals surface area contributed by atoms with E-state index in [0.717, 1.165) is 18.2 Å². The van der Waals surface area contributed by atoms with Gasteiger partial charge in [-0.2, -0.15) is 0 Å². The quantitative estimate of drug-likeness (QED) is 0.743. The summed E-state index contributed by atoms with van der Waals surface area (Å²) in [7, 11) is 0. The third-order valence-electron chi connectivity index (χ3n) is 4.92. The van der Waals surface area contributed by atoms with Crippen LogP contribution in [0.1, 0.15) is 12.5 Å². The molecule has 1 saturated heterocycles. The van der Waals surface area contributed by atoms with Crippen molar-refractivity contribution in [1.29, 1.82) is 0 Å². The number of hydrogen-bond acceptors (Lipinski definition) is 5. The number of carbonyl (C=O) groups is 3. The first-order valence-corrected chi connectivity index (χ1v) is 9.07. The van der Waals surface area contributed by atoms with Gasteiger partial charge in [-0.25, -0.2) is 13.6 Å². The molecule has 2 aromatic rings. The van der Waals surface area contributed by atoms with Crippen molar-refractivity contribution >= 4 is 23.5 Å². The summed E-state index contributed by atoms with van der Waals surface area (Å²) in [6, 6.07) is 7.13. The Morgan fingerprint density at radius 2 is 1.80 bits per heavy atom. The van der Waals surface area contributed by atoms with Gasteiger partial charge in [0.1, 0.15) is 42.6 Å².